The maximum absolute atomic E-state index is 12.6. The van der Waals surface area contributed by atoms with Crippen LogP contribution in [0.1, 0.15) is 79.1 Å². The van der Waals surface area contributed by atoms with Gasteiger partial charge in [0.25, 0.3) is 0 Å². The predicted molar refractivity (Wildman–Crippen MR) is 81.4 cm³/mol. The van der Waals surface area contributed by atoms with Gasteiger partial charge in [-0.2, -0.15) is 0 Å². The van der Waals surface area contributed by atoms with E-state index in [1.165, 1.54) is 0 Å². The number of carbonyl (C=O) groups excluding carboxylic acids is 1. The molecule has 0 spiro atoms. The van der Waals surface area contributed by atoms with Crippen LogP contribution in [0.4, 0.5) is 0 Å². The highest BCUT2D eigenvalue weighted by Gasteiger charge is 2.47. The number of unbranched alkanes of at least 4 members (excludes halogenated alkanes) is 4. The monoisotopic (exact) mass is 282 g/mol. The van der Waals surface area contributed by atoms with Crippen molar-refractivity contribution in [2.75, 3.05) is 6.61 Å². The van der Waals surface area contributed by atoms with Gasteiger partial charge in [-0.1, -0.05) is 46.5 Å². The molecule has 1 aliphatic heterocycles. The Morgan fingerprint density at radius 1 is 1.05 bits per heavy atom. The molecule has 0 saturated heterocycles. The van der Waals surface area contributed by atoms with Crippen LogP contribution in [-0.2, 0) is 14.3 Å². The fraction of sp³-hybridized carbons (Fsp3) is 0.824. The molecule has 0 fully saturated rings. The van der Waals surface area contributed by atoms with E-state index >= 15 is 0 Å². The van der Waals surface area contributed by atoms with Gasteiger partial charge >= 0.3 is 0 Å². The van der Waals surface area contributed by atoms with Crippen molar-refractivity contribution in [3.63, 3.8) is 0 Å². The second kappa shape index (κ2) is 8.33. The van der Waals surface area contributed by atoms with Gasteiger partial charge in [-0.05, 0) is 32.6 Å². The Balaban J connectivity index is 2.60. The summed E-state index contributed by atoms with van der Waals surface area (Å²) >= 11 is 0. The van der Waals surface area contributed by atoms with Gasteiger partial charge < -0.3 is 9.47 Å². The first kappa shape index (κ1) is 17.1. The lowest BCUT2D eigenvalue weighted by atomic mass is 9.89. The van der Waals surface area contributed by atoms with Crippen molar-refractivity contribution in [1.82, 2.24) is 0 Å². The summed E-state index contributed by atoms with van der Waals surface area (Å²) in [5.41, 5.74) is -0.653. The van der Waals surface area contributed by atoms with Crippen LogP contribution in [0.2, 0.25) is 0 Å². The van der Waals surface area contributed by atoms with E-state index < -0.39 is 5.60 Å². The molecule has 0 aliphatic carbocycles. The van der Waals surface area contributed by atoms with Gasteiger partial charge in [-0.3, -0.25) is 4.79 Å². The number of Topliss-reactive ketones (excluding diaryl/α,β-unsaturated/α-hetero) is 1. The molecule has 0 saturated carbocycles. The summed E-state index contributed by atoms with van der Waals surface area (Å²) in [5, 5.41) is 0. The molecule has 1 heterocycles. The standard InChI is InChI=1S/C17H30O3/c1-5-8-10-12-17(7-3)16(18)15(14(4)20-17)19-13-11-9-6-2/h5-13H2,1-4H3. The molecule has 1 rings (SSSR count). The lowest BCUT2D eigenvalue weighted by molar-refractivity contribution is -0.134. The number of hydrogen-bond acceptors (Lipinski definition) is 3. The molecule has 0 aromatic heterocycles. The maximum atomic E-state index is 12.6. The van der Waals surface area contributed by atoms with Gasteiger partial charge in [0.05, 0.1) is 6.61 Å². The fourth-order valence-corrected chi connectivity index (χ4v) is 2.68. The first-order valence-corrected chi connectivity index (χ1v) is 8.18. The van der Waals surface area contributed by atoms with Crippen molar-refractivity contribution in [2.45, 2.75) is 84.7 Å². The molecule has 0 radical (unpaired) electrons. The number of allylic oxidation sites excluding steroid dienone is 1. The van der Waals surface area contributed by atoms with Crippen LogP contribution in [0.5, 0.6) is 0 Å². The average Bonchev–Trinajstić information content (AvgIpc) is 2.68. The van der Waals surface area contributed by atoms with E-state index in [0.717, 1.165) is 44.9 Å². The molecule has 0 N–H and O–H groups in total. The van der Waals surface area contributed by atoms with E-state index in [4.69, 9.17) is 9.47 Å². The molecule has 3 nitrogen and oxygen atoms in total. The zero-order valence-electron chi connectivity index (χ0n) is 13.6. The summed E-state index contributed by atoms with van der Waals surface area (Å²) in [6.45, 7) is 8.82. The molecule has 0 aromatic rings. The minimum absolute atomic E-state index is 0.0603. The van der Waals surface area contributed by atoms with E-state index in [1.54, 1.807) is 0 Å². The second-order valence-corrected chi connectivity index (χ2v) is 5.68. The molecular formula is C17H30O3. The van der Waals surface area contributed by atoms with Crippen molar-refractivity contribution < 1.29 is 14.3 Å². The third-order valence-corrected chi connectivity index (χ3v) is 4.04. The fourth-order valence-electron chi connectivity index (χ4n) is 2.68. The summed E-state index contributed by atoms with van der Waals surface area (Å²) in [4.78, 5) is 12.6. The summed E-state index contributed by atoms with van der Waals surface area (Å²) in [5.74, 6) is 1.20. The number of carbonyl (C=O) groups is 1. The smallest absolute Gasteiger partial charge is 0.244 e. The third-order valence-electron chi connectivity index (χ3n) is 4.04. The number of rotatable bonds is 10. The Hall–Kier alpha value is -0.990. The van der Waals surface area contributed by atoms with E-state index in [0.29, 0.717) is 24.5 Å². The van der Waals surface area contributed by atoms with Crippen LogP contribution in [-0.4, -0.2) is 18.0 Å². The Morgan fingerprint density at radius 3 is 2.30 bits per heavy atom. The number of ketones is 1. The lowest BCUT2D eigenvalue weighted by Gasteiger charge is -2.26. The van der Waals surface area contributed by atoms with Gasteiger partial charge in [0, 0.05) is 0 Å². The summed E-state index contributed by atoms with van der Waals surface area (Å²) in [6, 6.07) is 0. The van der Waals surface area contributed by atoms with Gasteiger partial charge in [0.1, 0.15) is 5.76 Å². The largest absolute Gasteiger partial charge is 0.487 e. The molecule has 0 bridgehead atoms. The zero-order valence-corrected chi connectivity index (χ0v) is 13.6. The second-order valence-electron chi connectivity index (χ2n) is 5.68. The summed E-state index contributed by atoms with van der Waals surface area (Å²) in [6.07, 6.45) is 8.13. The van der Waals surface area contributed by atoms with Gasteiger partial charge in [-0.25, -0.2) is 0 Å². The lowest BCUT2D eigenvalue weighted by Crippen LogP contribution is -2.37. The molecule has 1 aliphatic rings. The highest BCUT2D eigenvalue weighted by atomic mass is 16.6. The predicted octanol–water partition coefficient (Wildman–Crippen LogP) is 4.75. The minimum atomic E-state index is -0.653. The van der Waals surface area contributed by atoms with Crippen LogP contribution in [0.3, 0.4) is 0 Å². The molecule has 0 amide bonds. The minimum Gasteiger partial charge on any atom is -0.487 e. The zero-order chi connectivity index (χ0) is 15.0. The maximum Gasteiger partial charge on any atom is 0.244 e. The highest BCUT2D eigenvalue weighted by Crippen LogP contribution is 2.37. The third kappa shape index (κ3) is 4.00. The van der Waals surface area contributed by atoms with E-state index in [9.17, 15) is 4.79 Å². The number of hydrogen-bond donors (Lipinski definition) is 0. The summed E-state index contributed by atoms with van der Waals surface area (Å²) < 4.78 is 11.6. The van der Waals surface area contributed by atoms with E-state index in [1.807, 2.05) is 13.8 Å². The average molecular weight is 282 g/mol. The number of ether oxygens (including phenoxy) is 2. The van der Waals surface area contributed by atoms with Gasteiger partial charge in [0.15, 0.2) is 5.60 Å². The highest BCUT2D eigenvalue weighted by molar-refractivity contribution is 6.02. The molecule has 116 valence electrons. The normalized spacial score (nSPS) is 22.3. The van der Waals surface area contributed by atoms with Gasteiger partial charge in [-0.15, -0.1) is 0 Å². The topological polar surface area (TPSA) is 35.5 Å². The Kier molecular flexibility index (Phi) is 7.11. The first-order valence-electron chi connectivity index (χ1n) is 8.18. The summed E-state index contributed by atoms with van der Waals surface area (Å²) in [7, 11) is 0. The van der Waals surface area contributed by atoms with Crippen molar-refractivity contribution in [1.29, 1.82) is 0 Å². The van der Waals surface area contributed by atoms with E-state index in [-0.39, 0.29) is 5.78 Å². The molecule has 3 heteroatoms. The van der Waals surface area contributed by atoms with Crippen molar-refractivity contribution in [3.8, 4) is 0 Å². The van der Waals surface area contributed by atoms with Crippen molar-refractivity contribution in [2.24, 2.45) is 0 Å². The first-order chi connectivity index (χ1) is 9.61. The van der Waals surface area contributed by atoms with Crippen molar-refractivity contribution in [3.05, 3.63) is 11.5 Å². The van der Waals surface area contributed by atoms with Gasteiger partial charge in [0.2, 0.25) is 11.5 Å². The van der Waals surface area contributed by atoms with Crippen LogP contribution >= 0.6 is 0 Å². The van der Waals surface area contributed by atoms with Crippen LogP contribution < -0.4 is 0 Å². The Bertz CT molecular complexity index is 346. The van der Waals surface area contributed by atoms with Crippen molar-refractivity contribution >= 4 is 5.78 Å². The van der Waals surface area contributed by atoms with Crippen LogP contribution in [0.25, 0.3) is 0 Å². The Labute approximate surface area is 123 Å². The van der Waals surface area contributed by atoms with Crippen LogP contribution in [0, 0.1) is 0 Å². The quantitative estimate of drug-likeness (QED) is 0.542. The molecule has 20 heavy (non-hydrogen) atoms. The molecule has 1 unspecified atom stereocenters. The van der Waals surface area contributed by atoms with E-state index in [2.05, 4.69) is 13.8 Å². The van der Waals surface area contributed by atoms with Crippen LogP contribution in [0.15, 0.2) is 11.5 Å². The molecule has 1 atom stereocenters. The SMILES string of the molecule is CCCCCOC1=C(C)OC(CC)(CCCCC)C1=O. The molecular weight excluding hydrogens is 252 g/mol. The molecule has 0 aromatic carbocycles. The Morgan fingerprint density at radius 2 is 1.70 bits per heavy atom.